The highest BCUT2D eigenvalue weighted by Crippen LogP contribution is 2.10. The van der Waals surface area contributed by atoms with Crippen LogP contribution in [0.2, 0.25) is 0 Å². The summed E-state index contributed by atoms with van der Waals surface area (Å²) in [6, 6.07) is 0. The van der Waals surface area contributed by atoms with E-state index in [0.717, 1.165) is 0 Å². The van der Waals surface area contributed by atoms with Gasteiger partial charge in [0.05, 0.1) is 12.8 Å². The second-order valence-electron chi connectivity index (χ2n) is 3.01. The second kappa shape index (κ2) is 3.56. The topological polar surface area (TPSA) is 52.6 Å². The summed E-state index contributed by atoms with van der Waals surface area (Å²) in [6.07, 6.45) is -0.429. The highest BCUT2D eigenvalue weighted by molar-refractivity contribution is 5.75. The standard InChI is InChI=1S/C8H12O4/c1-5-3-7(9)12-6(2)4-8(10)11-5/h5-6H,3-4H2,1-2H3/t5-,6-/m0/s1. The molecule has 0 aliphatic carbocycles. The highest BCUT2D eigenvalue weighted by Gasteiger charge is 2.22. The van der Waals surface area contributed by atoms with Crippen LogP contribution in [-0.4, -0.2) is 24.1 Å². The molecule has 1 fully saturated rings. The fourth-order valence-electron chi connectivity index (χ4n) is 1.10. The van der Waals surface area contributed by atoms with Gasteiger partial charge in [0.25, 0.3) is 0 Å². The maximum atomic E-state index is 10.9. The molecule has 0 N–H and O–H groups in total. The van der Waals surface area contributed by atoms with E-state index in [0.29, 0.717) is 0 Å². The molecule has 1 rings (SSSR count). The predicted molar refractivity (Wildman–Crippen MR) is 40.3 cm³/mol. The number of hydrogen-bond donors (Lipinski definition) is 0. The van der Waals surface area contributed by atoms with Gasteiger partial charge in [-0.1, -0.05) is 0 Å². The van der Waals surface area contributed by atoms with Gasteiger partial charge in [-0.05, 0) is 13.8 Å². The Morgan fingerprint density at radius 1 is 1.00 bits per heavy atom. The zero-order valence-electron chi connectivity index (χ0n) is 7.20. The number of ether oxygens (including phenoxy) is 2. The number of carbonyl (C=O) groups is 2. The number of hydrogen-bond acceptors (Lipinski definition) is 4. The normalized spacial score (nSPS) is 31.5. The summed E-state index contributed by atoms with van der Waals surface area (Å²) in [5, 5.41) is 0. The van der Waals surface area contributed by atoms with Gasteiger partial charge in [-0.2, -0.15) is 0 Å². The molecule has 0 saturated carbocycles. The Labute approximate surface area is 70.8 Å². The minimum absolute atomic E-state index is 0.149. The van der Waals surface area contributed by atoms with Crippen LogP contribution in [0.25, 0.3) is 0 Å². The molecule has 0 aromatic heterocycles. The summed E-state index contributed by atoms with van der Waals surface area (Å²) < 4.78 is 9.78. The Kier molecular flexibility index (Phi) is 2.68. The third kappa shape index (κ3) is 2.53. The summed E-state index contributed by atoms with van der Waals surface area (Å²) in [4.78, 5) is 21.9. The van der Waals surface area contributed by atoms with Crippen LogP contribution >= 0.6 is 0 Å². The predicted octanol–water partition coefficient (Wildman–Crippen LogP) is 0.644. The van der Waals surface area contributed by atoms with Crippen LogP contribution in [-0.2, 0) is 19.1 Å². The molecule has 68 valence electrons. The van der Waals surface area contributed by atoms with Gasteiger partial charge in [0.2, 0.25) is 0 Å². The van der Waals surface area contributed by atoms with E-state index in [-0.39, 0.29) is 37.0 Å². The van der Waals surface area contributed by atoms with Crippen LogP contribution in [0.5, 0.6) is 0 Å². The number of rotatable bonds is 0. The lowest BCUT2D eigenvalue weighted by atomic mass is 10.2. The van der Waals surface area contributed by atoms with Crippen LogP contribution in [0.3, 0.4) is 0 Å². The monoisotopic (exact) mass is 172 g/mol. The maximum absolute atomic E-state index is 10.9. The van der Waals surface area contributed by atoms with Crippen molar-refractivity contribution in [3.05, 3.63) is 0 Å². The van der Waals surface area contributed by atoms with Gasteiger partial charge < -0.3 is 9.47 Å². The van der Waals surface area contributed by atoms with Crippen molar-refractivity contribution in [2.24, 2.45) is 0 Å². The van der Waals surface area contributed by atoms with Gasteiger partial charge >= 0.3 is 11.9 Å². The van der Waals surface area contributed by atoms with E-state index in [1.165, 1.54) is 0 Å². The molecule has 0 radical (unpaired) electrons. The third-order valence-corrected chi connectivity index (χ3v) is 1.57. The van der Waals surface area contributed by atoms with Crippen molar-refractivity contribution in [2.45, 2.75) is 38.9 Å². The quantitative estimate of drug-likeness (QED) is 0.503. The molecule has 1 heterocycles. The zero-order valence-corrected chi connectivity index (χ0v) is 7.20. The molecule has 0 bridgehead atoms. The number of esters is 2. The fraction of sp³-hybridized carbons (Fsp3) is 0.750. The third-order valence-electron chi connectivity index (χ3n) is 1.57. The fourth-order valence-corrected chi connectivity index (χ4v) is 1.10. The summed E-state index contributed by atoms with van der Waals surface area (Å²) in [5.74, 6) is -0.606. The van der Waals surface area contributed by atoms with E-state index in [1.54, 1.807) is 13.8 Å². The first-order valence-corrected chi connectivity index (χ1v) is 3.97. The summed E-state index contributed by atoms with van der Waals surface area (Å²) >= 11 is 0. The first-order valence-electron chi connectivity index (χ1n) is 3.97. The Bertz CT molecular complexity index is 161. The Morgan fingerprint density at radius 2 is 1.33 bits per heavy atom. The van der Waals surface area contributed by atoms with Gasteiger partial charge in [0.1, 0.15) is 12.2 Å². The van der Waals surface area contributed by atoms with Gasteiger partial charge in [0.15, 0.2) is 0 Å². The largest absolute Gasteiger partial charge is 0.462 e. The molecule has 4 nitrogen and oxygen atoms in total. The molecular formula is C8H12O4. The van der Waals surface area contributed by atoms with E-state index < -0.39 is 0 Å². The van der Waals surface area contributed by atoms with Gasteiger partial charge in [-0.3, -0.25) is 9.59 Å². The van der Waals surface area contributed by atoms with Crippen molar-refractivity contribution in [3.8, 4) is 0 Å². The smallest absolute Gasteiger partial charge is 0.309 e. The lowest BCUT2D eigenvalue weighted by Gasteiger charge is -2.20. The van der Waals surface area contributed by atoms with Gasteiger partial charge in [-0.25, -0.2) is 0 Å². The van der Waals surface area contributed by atoms with Crippen LogP contribution in [0.4, 0.5) is 0 Å². The summed E-state index contributed by atoms with van der Waals surface area (Å²) in [6.45, 7) is 3.35. The Morgan fingerprint density at radius 3 is 1.67 bits per heavy atom. The summed E-state index contributed by atoms with van der Waals surface area (Å²) in [5.41, 5.74) is 0. The molecular weight excluding hydrogens is 160 g/mol. The molecule has 2 atom stereocenters. The number of cyclic esters (lactones) is 2. The van der Waals surface area contributed by atoms with Crippen LogP contribution < -0.4 is 0 Å². The minimum atomic E-state index is -0.363. The van der Waals surface area contributed by atoms with E-state index in [2.05, 4.69) is 0 Å². The SMILES string of the molecule is C[C@H]1CC(=O)O[C@@H](C)CC(=O)O1. The molecule has 0 spiro atoms. The van der Waals surface area contributed by atoms with Crippen LogP contribution in [0, 0.1) is 0 Å². The van der Waals surface area contributed by atoms with E-state index in [9.17, 15) is 9.59 Å². The van der Waals surface area contributed by atoms with Crippen LogP contribution in [0.15, 0.2) is 0 Å². The molecule has 1 aliphatic rings. The molecule has 0 aromatic carbocycles. The molecule has 12 heavy (non-hydrogen) atoms. The number of carbonyl (C=O) groups excluding carboxylic acids is 2. The lowest BCUT2D eigenvalue weighted by Crippen LogP contribution is -2.29. The molecule has 0 aromatic rings. The first-order chi connectivity index (χ1) is 5.58. The molecule has 1 saturated heterocycles. The van der Waals surface area contributed by atoms with E-state index in [1.807, 2.05) is 0 Å². The van der Waals surface area contributed by atoms with Gasteiger partial charge in [-0.15, -0.1) is 0 Å². The van der Waals surface area contributed by atoms with Crippen molar-refractivity contribution in [1.82, 2.24) is 0 Å². The maximum Gasteiger partial charge on any atom is 0.309 e. The average molecular weight is 172 g/mol. The molecule has 0 unspecified atom stereocenters. The highest BCUT2D eigenvalue weighted by atomic mass is 16.6. The van der Waals surface area contributed by atoms with Gasteiger partial charge in [0, 0.05) is 0 Å². The van der Waals surface area contributed by atoms with Crippen molar-refractivity contribution >= 4 is 11.9 Å². The summed E-state index contributed by atoms with van der Waals surface area (Å²) in [7, 11) is 0. The van der Waals surface area contributed by atoms with E-state index in [4.69, 9.17) is 9.47 Å². The van der Waals surface area contributed by atoms with Crippen molar-refractivity contribution in [2.75, 3.05) is 0 Å². The molecule has 0 amide bonds. The van der Waals surface area contributed by atoms with Crippen molar-refractivity contribution in [3.63, 3.8) is 0 Å². The Hall–Kier alpha value is -1.06. The van der Waals surface area contributed by atoms with Crippen molar-refractivity contribution < 1.29 is 19.1 Å². The Balaban J connectivity index is 2.57. The first kappa shape index (κ1) is 9.03. The molecule has 1 aliphatic heterocycles. The van der Waals surface area contributed by atoms with Crippen LogP contribution in [0.1, 0.15) is 26.7 Å². The molecule has 4 heteroatoms. The lowest BCUT2D eigenvalue weighted by molar-refractivity contribution is -0.166. The second-order valence-corrected chi connectivity index (χ2v) is 3.01. The van der Waals surface area contributed by atoms with E-state index >= 15 is 0 Å². The van der Waals surface area contributed by atoms with Crippen molar-refractivity contribution in [1.29, 1.82) is 0 Å². The zero-order chi connectivity index (χ0) is 9.14. The average Bonchev–Trinajstić information content (AvgIpc) is 1.81. The minimum Gasteiger partial charge on any atom is -0.462 e.